The average Bonchev–Trinajstić information content (AvgIpc) is 2.54. The second kappa shape index (κ2) is 7.55. The van der Waals surface area contributed by atoms with Crippen LogP contribution in [0.4, 0.5) is 0 Å². The van der Waals surface area contributed by atoms with Gasteiger partial charge in [0.05, 0.1) is 40.0 Å². The minimum atomic E-state index is 0.689. The third kappa shape index (κ3) is 3.62. The molecule has 4 nitrogen and oxygen atoms in total. The van der Waals surface area contributed by atoms with E-state index in [9.17, 15) is 0 Å². The number of quaternary nitrogens is 1. The maximum atomic E-state index is 5.58. The summed E-state index contributed by atoms with van der Waals surface area (Å²) in [5.41, 5.74) is 1.18. The van der Waals surface area contributed by atoms with Gasteiger partial charge < -0.3 is 19.1 Å². The minimum Gasteiger partial charge on any atom is -0.493 e. The molecule has 0 aliphatic heterocycles. The van der Waals surface area contributed by atoms with Crippen LogP contribution in [0.25, 0.3) is 0 Å². The van der Waals surface area contributed by atoms with Crippen molar-refractivity contribution in [1.29, 1.82) is 0 Å². The van der Waals surface area contributed by atoms with E-state index in [-0.39, 0.29) is 0 Å². The largest absolute Gasteiger partial charge is 0.493 e. The molecule has 1 unspecified atom stereocenters. The van der Waals surface area contributed by atoms with Gasteiger partial charge in [-0.3, -0.25) is 0 Å². The van der Waals surface area contributed by atoms with Crippen LogP contribution in [0.3, 0.4) is 0 Å². The van der Waals surface area contributed by atoms with Crippen LogP contribution >= 0.6 is 0 Å². The van der Waals surface area contributed by atoms with E-state index in [0.717, 1.165) is 18.3 Å². The third-order valence-corrected chi connectivity index (χ3v) is 4.56. The van der Waals surface area contributed by atoms with Gasteiger partial charge >= 0.3 is 0 Å². The molecule has 1 aromatic rings. The van der Waals surface area contributed by atoms with Gasteiger partial charge in [0.2, 0.25) is 5.75 Å². The Balaban J connectivity index is 2.18. The molecule has 1 atom stereocenters. The Hall–Kier alpha value is -1.42. The van der Waals surface area contributed by atoms with E-state index in [4.69, 9.17) is 14.2 Å². The number of rotatable bonds is 6. The summed E-state index contributed by atoms with van der Waals surface area (Å²) in [7, 11) is 7.28. The first kappa shape index (κ1) is 16.0. The Morgan fingerprint density at radius 2 is 1.62 bits per heavy atom. The summed E-state index contributed by atoms with van der Waals surface area (Å²) < 4.78 is 16.4. The van der Waals surface area contributed by atoms with Crippen molar-refractivity contribution < 1.29 is 19.1 Å². The number of hydrogen-bond donors (Lipinski definition) is 1. The van der Waals surface area contributed by atoms with E-state index < -0.39 is 0 Å². The lowest BCUT2D eigenvalue weighted by Gasteiger charge is -2.29. The van der Waals surface area contributed by atoms with Crippen molar-refractivity contribution >= 4 is 0 Å². The number of methoxy groups -OCH3 is 3. The fraction of sp³-hybridized carbons (Fsp3) is 0.647. The first-order valence-electron chi connectivity index (χ1n) is 7.81. The maximum Gasteiger partial charge on any atom is 0.203 e. The van der Waals surface area contributed by atoms with Gasteiger partial charge in [-0.2, -0.15) is 0 Å². The molecule has 1 fully saturated rings. The highest BCUT2D eigenvalue weighted by Gasteiger charge is 2.24. The van der Waals surface area contributed by atoms with Crippen LogP contribution in [0.1, 0.15) is 37.7 Å². The smallest absolute Gasteiger partial charge is 0.203 e. The Kier molecular flexibility index (Phi) is 5.74. The molecule has 1 aliphatic carbocycles. The Bertz CT molecular complexity index is 456. The van der Waals surface area contributed by atoms with E-state index in [0.29, 0.717) is 11.5 Å². The molecule has 0 heterocycles. The second-order valence-corrected chi connectivity index (χ2v) is 5.85. The highest BCUT2D eigenvalue weighted by Crippen LogP contribution is 2.39. The third-order valence-electron chi connectivity index (χ3n) is 4.56. The van der Waals surface area contributed by atoms with Crippen molar-refractivity contribution in [1.82, 2.24) is 0 Å². The summed E-state index contributed by atoms with van der Waals surface area (Å²) in [6.07, 6.45) is 6.79. The number of benzene rings is 1. The van der Waals surface area contributed by atoms with Gasteiger partial charge in [-0.15, -0.1) is 0 Å². The van der Waals surface area contributed by atoms with Crippen molar-refractivity contribution in [2.45, 2.75) is 44.7 Å². The number of hydrogen-bond acceptors (Lipinski definition) is 3. The van der Waals surface area contributed by atoms with Crippen LogP contribution in [0.5, 0.6) is 17.2 Å². The van der Waals surface area contributed by atoms with Crippen molar-refractivity contribution in [2.24, 2.45) is 0 Å². The van der Waals surface area contributed by atoms with Crippen LogP contribution in [0, 0.1) is 0 Å². The first-order chi connectivity index (χ1) is 10.2. The molecule has 0 saturated heterocycles. The Labute approximate surface area is 128 Å². The number of nitrogens with one attached hydrogen (secondary N) is 1. The van der Waals surface area contributed by atoms with E-state index in [1.807, 2.05) is 6.07 Å². The van der Waals surface area contributed by atoms with Gasteiger partial charge in [0.1, 0.15) is 6.54 Å². The standard InChI is InChI=1S/C17H27NO3/c1-18(14-8-6-5-7-9-14)12-13-10-11-15(19-2)17(21-4)16(13)20-3/h10-11,14H,5-9,12H2,1-4H3/p+1. The zero-order chi connectivity index (χ0) is 15.2. The van der Waals surface area contributed by atoms with Crippen LogP contribution in [0.15, 0.2) is 12.1 Å². The van der Waals surface area contributed by atoms with Crippen molar-refractivity contribution in [3.05, 3.63) is 17.7 Å². The van der Waals surface area contributed by atoms with E-state index >= 15 is 0 Å². The molecule has 0 spiro atoms. The zero-order valence-corrected chi connectivity index (χ0v) is 13.7. The molecule has 21 heavy (non-hydrogen) atoms. The summed E-state index contributed by atoms with van der Waals surface area (Å²) in [6, 6.07) is 4.81. The fourth-order valence-electron chi connectivity index (χ4n) is 3.34. The molecule has 118 valence electrons. The van der Waals surface area contributed by atoms with Crippen LogP contribution < -0.4 is 19.1 Å². The molecule has 0 aromatic heterocycles. The SMILES string of the molecule is COc1ccc(C[NH+](C)C2CCCCC2)c(OC)c1OC. The van der Waals surface area contributed by atoms with Crippen LogP contribution in [0.2, 0.25) is 0 Å². The highest BCUT2D eigenvalue weighted by molar-refractivity contribution is 5.55. The first-order valence-corrected chi connectivity index (χ1v) is 7.81. The van der Waals surface area contributed by atoms with Crippen molar-refractivity contribution in [3.63, 3.8) is 0 Å². The predicted molar refractivity (Wildman–Crippen MR) is 83.6 cm³/mol. The summed E-state index contributed by atoms with van der Waals surface area (Å²) in [5.74, 6) is 2.20. The monoisotopic (exact) mass is 294 g/mol. The molecular formula is C17H28NO3+. The van der Waals surface area contributed by atoms with Gasteiger partial charge in [0.25, 0.3) is 0 Å². The molecule has 1 aliphatic rings. The van der Waals surface area contributed by atoms with Gasteiger partial charge in [-0.1, -0.05) is 6.42 Å². The van der Waals surface area contributed by atoms with E-state index in [2.05, 4.69) is 13.1 Å². The zero-order valence-electron chi connectivity index (χ0n) is 13.7. The Morgan fingerprint density at radius 3 is 2.19 bits per heavy atom. The lowest BCUT2D eigenvalue weighted by Crippen LogP contribution is -3.11. The Morgan fingerprint density at radius 1 is 0.952 bits per heavy atom. The van der Waals surface area contributed by atoms with Gasteiger partial charge in [0.15, 0.2) is 11.5 Å². The highest BCUT2D eigenvalue weighted by atomic mass is 16.5. The fourth-order valence-corrected chi connectivity index (χ4v) is 3.34. The van der Waals surface area contributed by atoms with Gasteiger partial charge in [-0.25, -0.2) is 0 Å². The molecule has 0 bridgehead atoms. The molecule has 4 heteroatoms. The quantitative estimate of drug-likeness (QED) is 0.871. The summed E-state index contributed by atoms with van der Waals surface area (Å²) >= 11 is 0. The second-order valence-electron chi connectivity index (χ2n) is 5.85. The van der Waals surface area contributed by atoms with Crippen molar-refractivity contribution in [3.8, 4) is 17.2 Å². The van der Waals surface area contributed by atoms with E-state index in [1.54, 1.807) is 26.2 Å². The molecule has 0 amide bonds. The van der Waals surface area contributed by atoms with E-state index in [1.165, 1.54) is 37.7 Å². The molecule has 1 aromatic carbocycles. The van der Waals surface area contributed by atoms with Crippen LogP contribution in [-0.2, 0) is 6.54 Å². The van der Waals surface area contributed by atoms with Gasteiger partial charge in [0, 0.05) is 0 Å². The molecular weight excluding hydrogens is 266 g/mol. The minimum absolute atomic E-state index is 0.689. The predicted octanol–water partition coefficient (Wildman–Crippen LogP) is 2.06. The molecule has 1 N–H and O–H groups in total. The maximum absolute atomic E-state index is 5.58. The molecule has 0 radical (unpaired) electrons. The van der Waals surface area contributed by atoms with Gasteiger partial charge in [-0.05, 0) is 37.8 Å². The lowest BCUT2D eigenvalue weighted by atomic mass is 9.94. The summed E-state index contributed by atoms with van der Waals surface area (Å²) in [6.45, 7) is 0.953. The summed E-state index contributed by atoms with van der Waals surface area (Å²) in [4.78, 5) is 1.56. The number of ether oxygens (including phenoxy) is 3. The topological polar surface area (TPSA) is 32.1 Å². The summed E-state index contributed by atoms with van der Waals surface area (Å²) in [5, 5.41) is 0. The van der Waals surface area contributed by atoms with Crippen molar-refractivity contribution in [2.75, 3.05) is 28.4 Å². The molecule has 1 saturated carbocycles. The lowest BCUT2D eigenvalue weighted by molar-refractivity contribution is -0.921. The molecule has 2 rings (SSSR count). The average molecular weight is 294 g/mol. The normalized spacial score (nSPS) is 17.3. The van der Waals surface area contributed by atoms with Crippen LogP contribution in [-0.4, -0.2) is 34.4 Å².